The third kappa shape index (κ3) is 3.54. The highest BCUT2D eigenvalue weighted by molar-refractivity contribution is 7.90. The molecule has 1 aromatic rings. The van der Waals surface area contributed by atoms with E-state index in [4.69, 9.17) is 4.74 Å². The second-order valence-corrected chi connectivity index (χ2v) is 7.43. The van der Waals surface area contributed by atoms with E-state index in [0.29, 0.717) is 18.8 Å². The molecule has 1 aromatic carbocycles. The van der Waals surface area contributed by atoms with Crippen LogP contribution in [0.15, 0.2) is 23.1 Å². The summed E-state index contributed by atoms with van der Waals surface area (Å²) in [5.41, 5.74) is 0.524. The van der Waals surface area contributed by atoms with E-state index >= 15 is 0 Å². The average molecular weight is 313 g/mol. The van der Waals surface area contributed by atoms with Gasteiger partial charge in [-0.25, -0.2) is 13.2 Å². The standard InChI is InChI=1S/C14H19NO5S/c1-9-7-15(8-10(2)20-9)13-5-4-11(21(3,18)19)6-12(13)14(16)17/h4-6,9-10H,7-8H2,1-3H3,(H,16,17). The van der Waals surface area contributed by atoms with Gasteiger partial charge in [0.2, 0.25) is 0 Å². The number of benzene rings is 1. The number of carbonyl (C=O) groups is 1. The molecule has 0 radical (unpaired) electrons. The second-order valence-electron chi connectivity index (χ2n) is 5.42. The molecule has 0 saturated carbocycles. The van der Waals surface area contributed by atoms with Gasteiger partial charge in [0.05, 0.1) is 28.4 Å². The molecule has 1 aliphatic heterocycles. The van der Waals surface area contributed by atoms with Crippen LogP contribution >= 0.6 is 0 Å². The number of rotatable bonds is 3. The quantitative estimate of drug-likeness (QED) is 0.908. The number of hydrogen-bond donors (Lipinski definition) is 1. The molecule has 0 aliphatic carbocycles. The van der Waals surface area contributed by atoms with E-state index in [2.05, 4.69) is 0 Å². The molecule has 21 heavy (non-hydrogen) atoms. The molecule has 1 aliphatic rings. The molecule has 0 bridgehead atoms. The fraction of sp³-hybridized carbons (Fsp3) is 0.500. The Balaban J connectivity index is 2.46. The van der Waals surface area contributed by atoms with Gasteiger partial charge >= 0.3 is 5.97 Å². The average Bonchev–Trinajstić information content (AvgIpc) is 2.35. The summed E-state index contributed by atoms with van der Waals surface area (Å²) >= 11 is 0. The molecular weight excluding hydrogens is 294 g/mol. The fourth-order valence-corrected chi connectivity index (χ4v) is 3.21. The fourth-order valence-electron chi connectivity index (χ4n) is 2.57. The number of carboxylic acid groups (broad SMARTS) is 1. The van der Waals surface area contributed by atoms with Crippen molar-refractivity contribution < 1.29 is 23.1 Å². The summed E-state index contributed by atoms with van der Waals surface area (Å²) in [6.45, 7) is 4.99. The lowest BCUT2D eigenvalue weighted by atomic mass is 10.1. The van der Waals surface area contributed by atoms with Gasteiger partial charge in [-0.15, -0.1) is 0 Å². The normalized spacial score (nSPS) is 23.1. The number of nitrogens with zero attached hydrogens (tertiary/aromatic N) is 1. The van der Waals surface area contributed by atoms with E-state index in [-0.39, 0.29) is 22.7 Å². The van der Waals surface area contributed by atoms with Gasteiger partial charge in [-0.3, -0.25) is 0 Å². The van der Waals surface area contributed by atoms with Crippen molar-refractivity contribution in [2.75, 3.05) is 24.2 Å². The first-order valence-electron chi connectivity index (χ1n) is 6.66. The van der Waals surface area contributed by atoms with Gasteiger partial charge in [0, 0.05) is 19.3 Å². The van der Waals surface area contributed by atoms with Crippen molar-refractivity contribution in [3.05, 3.63) is 23.8 Å². The summed E-state index contributed by atoms with van der Waals surface area (Å²) in [6.07, 6.45) is 1.04. The Labute approximate surface area is 124 Å². The van der Waals surface area contributed by atoms with E-state index < -0.39 is 15.8 Å². The highest BCUT2D eigenvalue weighted by Gasteiger charge is 2.26. The van der Waals surface area contributed by atoms with Gasteiger partial charge in [0.25, 0.3) is 0 Å². The topological polar surface area (TPSA) is 83.9 Å². The minimum Gasteiger partial charge on any atom is -0.478 e. The molecule has 2 rings (SSSR count). The summed E-state index contributed by atoms with van der Waals surface area (Å²) in [5.74, 6) is -1.14. The Hall–Kier alpha value is -1.60. The molecule has 6 nitrogen and oxygen atoms in total. The van der Waals surface area contributed by atoms with E-state index in [1.54, 1.807) is 6.07 Å². The van der Waals surface area contributed by atoms with E-state index in [9.17, 15) is 18.3 Å². The lowest BCUT2D eigenvalue weighted by molar-refractivity contribution is -0.00532. The molecule has 1 fully saturated rings. The summed E-state index contributed by atoms with van der Waals surface area (Å²) in [7, 11) is -3.43. The number of anilines is 1. The first kappa shape index (κ1) is 15.8. The van der Waals surface area contributed by atoms with Crippen LogP contribution in [0.4, 0.5) is 5.69 Å². The number of sulfone groups is 1. The van der Waals surface area contributed by atoms with Gasteiger partial charge in [0.1, 0.15) is 0 Å². The molecule has 0 amide bonds. The van der Waals surface area contributed by atoms with Crippen LogP contribution in [0, 0.1) is 0 Å². The molecule has 116 valence electrons. The lowest BCUT2D eigenvalue weighted by Gasteiger charge is -2.37. The first-order chi connectivity index (χ1) is 9.68. The zero-order valence-corrected chi connectivity index (χ0v) is 13.1. The number of aromatic carboxylic acids is 1. The van der Waals surface area contributed by atoms with Crippen LogP contribution in [0.3, 0.4) is 0 Å². The molecule has 0 aromatic heterocycles. The van der Waals surface area contributed by atoms with E-state index in [1.807, 2.05) is 18.7 Å². The van der Waals surface area contributed by atoms with Crippen molar-refractivity contribution in [1.29, 1.82) is 0 Å². The SMILES string of the molecule is CC1CN(c2ccc(S(C)(=O)=O)cc2C(=O)O)CC(C)O1. The smallest absolute Gasteiger partial charge is 0.337 e. The van der Waals surface area contributed by atoms with Gasteiger partial charge in [0.15, 0.2) is 9.84 Å². The Bertz CT molecular complexity index is 645. The van der Waals surface area contributed by atoms with Crippen LogP contribution in [0.1, 0.15) is 24.2 Å². The Morgan fingerprint density at radius 3 is 2.33 bits per heavy atom. The highest BCUT2D eigenvalue weighted by atomic mass is 32.2. The third-order valence-electron chi connectivity index (χ3n) is 3.39. The Kier molecular flexibility index (Phi) is 4.25. The molecule has 2 atom stereocenters. The number of morpholine rings is 1. The van der Waals surface area contributed by atoms with Crippen LogP contribution in [0.2, 0.25) is 0 Å². The summed E-state index contributed by atoms with van der Waals surface area (Å²) in [6, 6.07) is 4.23. The minimum absolute atomic E-state index is 0.000718. The lowest BCUT2D eigenvalue weighted by Crippen LogP contribution is -2.46. The molecule has 7 heteroatoms. The van der Waals surface area contributed by atoms with Gasteiger partial charge in [-0.2, -0.15) is 0 Å². The highest BCUT2D eigenvalue weighted by Crippen LogP contribution is 2.27. The number of ether oxygens (including phenoxy) is 1. The summed E-state index contributed by atoms with van der Waals surface area (Å²) in [4.78, 5) is 13.4. The summed E-state index contributed by atoms with van der Waals surface area (Å²) < 4.78 is 28.8. The van der Waals surface area contributed by atoms with E-state index in [0.717, 1.165) is 6.26 Å². The van der Waals surface area contributed by atoms with Crippen LogP contribution < -0.4 is 4.90 Å². The third-order valence-corrected chi connectivity index (χ3v) is 4.50. The predicted molar refractivity (Wildman–Crippen MR) is 78.7 cm³/mol. The molecule has 1 heterocycles. The van der Waals surface area contributed by atoms with Crippen molar-refractivity contribution in [2.45, 2.75) is 31.0 Å². The van der Waals surface area contributed by atoms with Crippen molar-refractivity contribution in [3.63, 3.8) is 0 Å². The first-order valence-corrected chi connectivity index (χ1v) is 8.55. The number of hydrogen-bond acceptors (Lipinski definition) is 5. The largest absolute Gasteiger partial charge is 0.478 e. The molecule has 1 saturated heterocycles. The van der Waals surface area contributed by atoms with Gasteiger partial charge in [-0.05, 0) is 32.0 Å². The monoisotopic (exact) mass is 313 g/mol. The van der Waals surface area contributed by atoms with Crippen LogP contribution in [0.5, 0.6) is 0 Å². The van der Waals surface area contributed by atoms with Crippen LogP contribution in [-0.4, -0.2) is 51.0 Å². The summed E-state index contributed by atoms with van der Waals surface area (Å²) in [5, 5.41) is 9.37. The van der Waals surface area contributed by atoms with E-state index in [1.165, 1.54) is 12.1 Å². The zero-order valence-electron chi connectivity index (χ0n) is 12.2. The Morgan fingerprint density at radius 2 is 1.86 bits per heavy atom. The van der Waals surface area contributed by atoms with Crippen LogP contribution in [0.25, 0.3) is 0 Å². The maximum atomic E-state index is 11.6. The van der Waals surface area contributed by atoms with Gasteiger partial charge in [-0.1, -0.05) is 0 Å². The van der Waals surface area contributed by atoms with Gasteiger partial charge < -0.3 is 14.7 Å². The Morgan fingerprint density at radius 1 is 1.29 bits per heavy atom. The maximum Gasteiger partial charge on any atom is 0.337 e. The van der Waals surface area contributed by atoms with Crippen molar-refractivity contribution in [3.8, 4) is 0 Å². The predicted octanol–water partition coefficient (Wildman–Crippen LogP) is 1.40. The molecule has 2 unspecified atom stereocenters. The molecule has 0 spiro atoms. The number of carboxylic acids is 1. The minimum atomic E-state index is -3.43. The zero-order chi connectivity index (χ0) is 15.8. The molecule has 1 N–H and O–H groups in total. The second kappa shape index (κ2) is 5.65. The van der Waals surface area contributed by atoms with Crippen LogP contribution in [-0.2, 0) is 14.6 Å². The van der Waals surface area contributed by atoms with Crippen molar-refractivity contribution in [2.24, 2.45) is 0 Å². The molecular formula is C14H19NO5S. The van der Waals surface area contributed by atoms with Crippen molar-refractivity contribution >= 4 is 21.5 Å². The maximum absolute atomic E-state index is 11.6. The van der Waals surface area contributed by atoms with Crippen molar-refractivity contribution in [1.82, 2.24) is 0 Å².